The molecule has 2 aliphatic heterocycles. The third-order valence-corrected chi connectivity index (χ3v) is 6.93. The van der Waals surface area contributed by atoms with Crippen molar-refractivity contribution in [3.05, 3.63) is 52.9 Å². The Bertz CT molecular complexity index is 1410. The summed E-state index contributed by atoms with van der Waals surface area (Å²) in [6.07, 6.45) is -9.16. The van der Waals surface area contributed by atoms with Crippen molar-refractivity contribution >= 4 is 11.0 Å². The van der Waals surface area contributed by atoms with Crippen molar-refractivity contribution in [3.8, 4) is 28.4 Å². The van der Waals surface area contributed by atoms with Gasteiger partial charge in [-0.3, -0.25) is 4.79 Å². The van der Waals surface area contributed by atoms with Gasteiger partial charge < -0.3 is 64.2 Å². The van der Waals surface area contributed by atoms with Gasteiger partial charge in [0.2, 0.25) is 18.0 Å². The number of phenols is 1. The Labute approximate surface area is 225 Å². The minimum atomic E-state index is -1.84. The van der Waals surface area contributed by atoms with Crippen molar-refractivity contribution in [1.82, 2.24) is 0 Å². The zero-order chi connectivity index (χ0) is 28.8. The van der Waals surface area contributed by atoms with Crippen LogP contribution < -0.4 is 14.9 Å². The molecule has 2 aliphatic rings. The molecule has 2 fully saturated rings. The van der Waals surface area contributed by atoms with E-state index in [1.807, 2.05) is 0 Å². The first-order chi connectivity index (χ1) is 19.1. The number of rotatable bonds is 7. The van der Waals surface area contributed by atoms with Crippen LogP contribution in [0.1, 0.15) is 0 Å². The fourth-order valence-electron chi connectivity index (χ4n) is 4.52. The predicted octanol–water partition coefficient (Wildman–Crippen LogP) is -1.84. The van der Waals surface area contributed by atoms with E-state index in [1.54, 1.807) is 0 Å². The molecule has 8 N–H and O–H groups in total. The van der Waals surface area contributed by atoms with Gasteiger partial charge in [0.25, 0.3) is 0 Å². The van der Waals surface area contributed by atoms with E-state index in [2.05, 4.69) is 0 Å². The summed E-state index contributed by atoms with van der Waals surface area (Å²) in [5.74, 6) is -0.342. The van der Waals surface area contributed by atoms with Crippen molar-refractivity contribution in [2.45, 2.75) is 48.7 Å². The molecule has 14 nitrogen and oxygen atoms in total. The third-order valence-electron chi connectivity index (χ3n) is 6.93. The highest BCUT2D eigenvalue weighted by molar-refractivity contribution is 5.88. The van der Waals surface area contributed by atoms with Crippen molar-refractivity contribution < 1.29 is 64.2 Å². The molecule has 3 aromatic rings. The van der Waals surface area contributed by atoms with Gasteiger partial charge in [-0.2, -0.15) is 0 Å². The minimum Gasteiger partial charge on any atom is -0.507 e. The summed E-state index contributed by atoms with van der Waals surface area (Å²) in [4.78, 5) is 13.2. The van der Waals surface area contributed by atoms with Gasteiger partial charge in [-0.05, 0) is 17.7 Å². The molecule has 2 saturated heterocycles. The maximum atomic E-state index is 13.2. The van der Waals surface area contributed by atoms with Crippen molar-refractivity contribution in [2.75, 3.05) is 19.8 Å². The summed E-state index contributed by atoms with van der Waals surface area (Å²) < 4.78 is 27.1. The molecule has 5 rings (SSSR count). The van der Waals surface area contributed by atoms with Crippen LogP contribution in [0.2, 0.25) is 0 Å². The van der Waals surface area contributed by atoms with Gasteiger partial charge in [0.05, 0.1) is 25.4 Å². The molecule has 0 spiro atoms. The first-order valence-corrected chi connectivity index (χ1v) is 12.2. The van der Waals surface area contributed by atoms with E-state index in [0.717, 1.165) is 6.07 Å². The molecule has 3 heterocycles. The number of aromatic hydroxyl groups is 1. The lowest BCUT2D eigenvalue weighted by atomic mass is 9.99. The Balaban J connectivity index is 1.35. The Kier molecular flexibility index (Phi) is 7.71. The highest BCUT2D eigenvalue weighted by Gasteiger charge is 2.49. The predicted molar refractivity (Wildman–Crippen MR) is 132 cm³/mol. The summed E-state index contributed by atoms with van der Waals surface area (Å²) in [5.41, 5.74) is -1.96. The fourth-order valence-corrected chi connectivity index (χ4v) is 4.52. The van der Waals surface area contributed by atoms with Gasteiger partial charge in [0.15, 0.2) is 0 Å². The number of fused-ring (bicyclic) bond motifs is 1. The van der Waals surface area contributed by atoms with Gasteiger partial charge >= 0.3 is 0 Å². The van der Waals surface area contributed by atoms with Crippen molar-refractivity contribution in [2.24, 2.45) is 0 Å². The first kappa shape index (κ1) is 28.2. The Morgan fingerprint density at radius 1 is 0.925 bits per heavy atom. The number of phenolic OH excluding ortho intramolecular Hbond substituents is 1. The maximum absolute atomic E-state index is 13.2. The van der Waals surface area contributed by atoms with Crippen LogP contribution in [0.4, 0.5) is 0 Å². The largest absolute Gasteiger partial charge is 0.507 e. The first-order valence-electron chi connectivity index (χ1n) is 12.2. The van der Waals surface area contributed by atoms with Crippen LogP contribution in [0.15, 0.2) is 51.9 Å². The van der Waals surface area contributed by atoms with Crippen LogP contribution in [-0.2, 0) is 9.47 Å². The standard InChI is InChI=1S/C26H28O14/c27-7-17-20(31)21(32)22(33)24(40-17)39-13-5-15(29)18-16(6-13)36-8-14(19(18)30)11-1-3-12(4-2-11)38-25-23(34)26(35,9-28)10-37-25/h1-6,8,17,20-25,27-29,31-35H,7,9-10H2/t17-,20+,21-,22+,23+,24+,25-,26+/m0/s1. The van der Waals surface area contributed by atoms with E-state index in [0.29, 0.717) is 5.56 Å². The molecule has 8 atom stereocenters. The van der Waals surface area contributed by atoms with E-state index in [1.165, 1.54) is 36.6 Å². The second kappa shape index (κ2) is 10.9. The van der Waals surface area contributed by atoms with Crippen LogP contribution in [0.25, 0.3) is 22.1 Å². The molecule has 0 radical (unpaired) electrons. The summed E-state index contributed by atoms with van der Waals surface area (Å²) in [6, 6.07) is 8.38. The number of benzene rings is 2. The third kappa shape index (κ3) is 5.01. The fraction of sp³-hybridized carbons (Fsp3) is 0.423. The van der Waals surface area contributed by atoms with Crippen LogP contribution in [0.3, 0.4) is 0 Å². The van der Waals surface area contributed by atoms with Gasteiger partial charge in [-0.25, -0.2) is 0 Å². The Morgan fingerprint density at radius 3 is 2.27 bits per heavy atom. The van der Waals surface area contributed by atoms with E-state index in [4.69, 9.17) is 23.4 Å². The molecule has 0 unspecified atom stereocenters. The van der Waals surface area contributed by atoms with E-state index < -0.39 is 73.1 Å². The van der Waals surface area contributed by atoms with E-state index in [-0.39, 0.29) is 34.6 Å². The minimum absolute atomic E-state index is 0.0583. The number of aliphatic hydroxyl groups is 7. The molecule has 0 aliphatic carbocycles. The lowest BCUT2D eigenvalue weighted by molar-refractivity contribution is -0.277. The number of hydrogen-bond donors (Lipinski definition) is 8. The monoisotopic (exact) mass is 564 g/mol. The topological polar surface area (TPSA) is 229 Å². The average Bonchev–Trinajstić information content (AvgIpc) is 3.23. The molecule has 1 aromatic heterocycles. The van der Waals surface area contributed by atoms with Crippen LogP contribution in [0, 0.1) is 0 Å². The summed E-state index contributed by atoms with van der Waals surface area (Å²) in [6.45, 7) is -1.68. The molecule has 0 amide bonds. The van der Waals surface area contributed by atoms with E-state index in [9.17, 15) is 45.6 Å². The molecular weight excluding hydrogens is 536 g/mol. The van der Waals surface area contributed by atoms with Crippen LogP contribution in [-0.4, -0.2) is 109 Å². The maximum Gasteiger partial charge on any atom is 0.229 e. The normalized spacial score (nSPS) is 32.3. The Morgan fingerprint density at radius 2 is 1.62 bits per heavy atom. The molecule has 0 bridgehead atoms. The van der Waals surface area contributed by atoms with Gasteiger partial charge in [0.1, 0.15) is 70.6 Å². The molecule has 2 aromatic carbocycles. The second-order valence-corrected chi connectivity index (χ2v) is 9.64. The smallest absolute Gasteiger partial charge is 0.229 e. The summed E-state index contributed by atoms with van der Waals surface area (Å²) >= 11 is 0. The second-order valence-electron chi connectivity index (χ2n) is 9.64. The lowest BCUT2D eigenvalue weighted by Gasteiger charge is -2.39. The van der Waals surface area contributed by atoms with Crippen LogP contribution in [0.5, 0.6) is 17.2 Å². The quantitative estimate of drug-likeness (QED) is 0.158. The lowest BCUT2D eigenvalue weighted by Crippen LogP contribution is -2.60. The summed E-state index contributed by atoms with van der Waals surface area (Å²) in [5, 5.41) is 79.3. The van der Waals surface area contributed by atoms with Gasteiger partial charge in [-0.1, -0.05) is 12.1 Å². The van der Waals surface area contributed by atoms with Gasteiger partial charge in [-0.15, -0.1) is 0 Å². The van der Waals surface area contributed by atoms with Crippen LogP contribution >= 0.6 is 0 Å². The highest BCUT2D eigenvalue weighted by Crippen LogP contribution is 2.33. The summed E-state index contributed by atoms with van der Waals surface area (Å²) in [7, 11) is 0. The van der Waals surface area contributed by atoms with E-state index >= 15 is 0 Å². The highest BCUT2D eigenvalue weighted by atomic mass is 16.7. The number of ether oxygens (including phenoxy) is 4. The molecule has 14 heteroatoms. The SMILES string of the molecule is O=c1c(-c2ccc(O[C@@H]3OC[C@](O)(CO)[C@@H]3O)cc2)coc2cc(O[C@@H]3O[C@@H](CO)[C@@H](O)[C@H](O)[C@H]3O)cc(O)c12. The van der Waals surface area contributed by atoms with Crippen molar-refractivity contribution in [3.63, 3.8) is 0 Å². The molecule has 216 valence electrons. The Hall–Kier alpha value is -3.31. The number of aliphatic hydroxyl groups excluding tert-OH is 6. The van der Waals surface area contributed by atoms with Gasteiger partial charge in [0, 0.05) is 12.1 Å². The van der Waals surface area contributed by atoms with Crippen molar-refractivity contribution in [1.29, 1.82) is 0 Å². The average molecular weight is 564 g/mol. The zero-order valence-corrected chi connectivity index (χ0v) is 20.7. The molecule has 0 saturated carbocycles. The molecular formula is C26H28O14. The molecule has 40 heavy (non-hydrogen) atoms. The zero-order valence-electron chi connectivity index (χ0n) is 20.7. The number of hydrogen-bond acceptors (Lipinski definition) is 14.